The zero-order valence-electron chi connectivity index (χ0n) is 12.7. The van der Waals surface area contributed by atoms with Crippen LogP contribution in [0.2, 0.25) is 0 Å². The van der Waals surface area contributed by atoms with Gasteiger partial charge in [0.1, 0.15) is 0 Å². The number of hydrogen-bond acceptors (Lipinski definition) is 2. The van der Waals surface area contributed by atoms with Crippen molar-refractivity contribution in [3.8, 4) is 0 Å². The Hall–Kier alpha value is -2.04. The van der Waals surface area contributed by atoms with Gasteiger partial charge in [0.05, 0.1) is 0 Å². The van der Waals surface area contributed by atoms with Crippen LogP contribution in [0.15, 0.2) is 24.3 Å². The average Bonchev–Trinajstić information content (AvgIpc) is 2.45. The number of carboxylic acid groups (broad SMARTS) is 1. The largest absolute Gasteiger partial charge is 0.481 e. The molecule has 1 aromatic carbocycles. The Balaban J connectivity index is 2.40. The monoisotopic (exact) mass is 292 g/mol. The standard InChI is InChI=1S/C16H24N2O3/c1-3-5-13-6-8-14(9-7-13)18-16(21)17-11-12(4-2)10-15(19)20/h6-9,12H,3-5,10-11H2,1-2H3,(H,19,20)(H2,17,18,21). The quantitative estimate of drug-likeness (QED) is 0.688. The molecule has 0 aromatic heterocycles. The van der Waals surface area contributed by atoms with Crippen LogP contribution in [0, 0.1) is 5.92 Å². The van der Waals surface area contributed by atoms with Crippen LogP contribution >= 0.6 is 0 Å². The maximum absolute atomic E-state index is 11.8. The summed E-state index contributed by atoms with van der Waals surface area (Å²) >= 11 is 0. The van der Waals surface area contributed by atoms with Crippen LogP contribution in [0.5, 0.6) is 0 Å². The van der Waals surface area contributed by atoms with Crippen LogP contribution in [0.25, 0.3) is 0 Å². The van der Waals surface area contributed by atoms with Gasteiger partial charge in [0.25, 0.3) is 0 Å². The normalized spacial score (nSPS) is 11.7. The van der Waals surface area contributed by atoms with Gasteiger partial charge in [-0.05, 0) is 30.0 Å². The van der Waals surface area contributed by atoms with Crippen molar-refractivity contribution >= 4 is 17.7 Å². The Bertz CT molecular complexity index is 457. The Morgan fingerprint density at radius 1 is 1.19 bits per heavy atom. The fraction of sp³-hybridized carbons (Fsp3) is 0.500. The Morgan fingerprint density at radius 2 is 1.86 bits per heavy atom. The van der Waals surface area contributed by atoms with Crippen LogP contribution in [0.4, 0.5) is 10.5 Å². The second-order valence-electron chi connectivity index (χ2n) is 5.15. The SMILES string of the molecule is CCCc1ccc(NC(=O)NCC(CC)CC(=O)O)cc1. The van der Waals surface area contributed by atoms with E-state index >= 15 is 0 Å². The fourth-order valence-electron chi connectivity index (χ4n) is 2.06. The van der Waals surface area contributed by atoms with Gasteiger partial charge in [-0.1, -0.05) is 38.8 Å². The predicted octanol–water partition coefficient (Wildman–Crippen LogP) is 3.26. The number of rotatable bonds is 8. The van der Waals surface area contributed by atoms with Crippen molar-refractivity contribution in [1.82, 2.24) is 5.32 Å². The van der Waals surface area contributed by atoms with E-state index < -0.39 is 5.97 Å². The van der Waals surface area contributed by atoms with Gasteiger partial charge in [-0.3, -0.25) is 4.79 Å². The van der Waals surface area contributed by atoms with Gasteiger partial charge in [0, 0.05) is 18.7 Å². The number of urea groups is 1. The van der Waals surface area contributed by atoms with Gasteiger partial charge in [0.2, 0.25) is 0 Å². The molecule has 0 saturated carbocycles. The first-order valence-electron chi connectivity index (χ1n) is 7.40. The maximum atomic E-state index is 11.8. The lowest BCUT2D eigenvalue weighted by molar-refractivity contribution is -0.138. The minimum absolute atomic E-state index is 0.0415. The molecule has 116 valence electrons. The summed E-state index contributed by atoms with van der Waals surface area (Å²) in [5.41, 5.74) is 1.98. The number of carbonyl (C=O) groups excluding carboxylic acids is 1. The smallest absolute Gasteiger partial charge is 0.319 e. The predicted molar refractivity (Wildman–Crippen MR) is 83.5 cm³/mol. The first kappa shape index (κ1) is 17.0. The third kappa shape index (κ3) is 6.79. The summed E-state index contributed by atoms with van der Waals surface area (Å²) in [7, 11) is 0. The highest BCUT2D eigenvalue weighted by Gasteiger charge is 2.12. The van der Waals surface area contributed by atoms with Crippen molar-refractivity contribution in [2.24, 2.45) is 5.92 Å². The van der Waals surface area contributed by atoms with Crippen LogP contribution in [0.3, 0.4) is 0 Å². The summed E-state index contributed by atoms with van der Waals surface area (Å²) in [5.74, 6) is -0.879. The zero-order valence-corrected chi connectivity index (χ0v) is 12.7. The van der Waals surface area contributed by atoms with E-state index in [1.807, 2.05) is 31.2 Å². The van der Waals surface area contributed by atoms with Gasteiger partial charge in [-0.2, -0.15) is 0 Å². The number of carboxylic acids is 1. The molecule has 2 amide bonds. The number of nitrogens with one attached hydrogen (secondary N) is 2. The van der Waals surface area contributed by atoms with E-state index in [1.54, 1.807) is 0 Å². The number of aryl methyl sites for hydroxylation is 1. The van der Waals surface area contributed by atoms with E-state index in [9.17, 15) is 9.59 Å². The molecule has 5 nitrogen and oxygen atoms in total. The maximum Gasteiger partial charge on any atom is 0.319 e. The molecule has 21 heavy (non-hydrogen) atoms. The van der Waals surface area contributed by atoms with Gasteiger partial charge in [0.15, 0.2) is 0 Å². The van der Waals surface area contributed by atoms with E-state index in [2.05, 4.69) is 17.6 Å². The van der Waals surface area contributed by atoms with E-state index in [0.717, 1.165) is 24.9 Å². The van der Waals surface area contributed by atoms with Crippen molar-refractivity contribution in [2.45, 2.75) is 39.5 Å². The van der Waals surface area contributed by atoms with E-state index in [1.165, 1.54) is 5.56 Å². The molecule has 0 bridgehead atoms. The summed E-state index contributed by atoms with van der Waals surface area (Å²) in [6.45, 7) is 4.41. The molecule has 0 aliphatic heterocycles. The zero-order chi connectivity index (χ0) is 15.7. The highest BCUT2D eigenvalue weighted by Crippen LogP contribution is 2.11. The third-order valence-electron chi connectivity index (χ3n) is 3.34. The molecular weight excluding hydrogens is 268 g/mol. The first-order chi connectivity index (χ1) is 10.0. The van der Waals surface area contributed by atoms with Crippen LogP contribution in [-0.2, 0) is 11.2 Å². The summed E-state index contributed by atoms with van der Waals surface area (Å²) in [6, 6.07) is 7.44. The molecule has 3 N–H and O–H groups in total. The molecule has 0 fully saturated rings. The molecule has 1 unspecified atom stereocenters. The lowest BCUT2D eigenvalue weighted by Gasteiger charge is -2.14. The molecule has 1 atom stereocenters. The third-order valence-corrected chi connectivity index (χ3v) is 3.34. The molecule has 0 saturated heterocycles. The first-order valence-corrected chi connectivity index (χ1v) is 7.40. The lowest BCUT2D eigenvalue weighted by atomic mass is 10.0. The molecule has 0 aliphatic rings. The Morgan fingerprint density at radius 3 is 2.38 bits per heavy atom. The molecule has 0 radical (unpaired) electrons. The summed E-state index contributed by atoms with van der Waals surface area (Å²) in [4.78, 5) is 22.4. The molecule has 0 aliphatic carbocycles. The highest BCUT2D eigenvalue weighted by atomic mass is 16.4. The number of carbonyl (C=O) groups is 2. The molecule has 0 heterocycles. The minimum Gasteiger partial charge on any atom is -0.481 e. The number of hydrogen-bond donors (Lipinski definition) is 3. The van der Waals surface area contributed by atoms with Gasteiger partial charge >= 0.3 is 12.0 Å². The van der Waals surface area contributed by atoms with E-state index in [4.69, 9.17) is 5.11 Å². The molecular formula is C16H24N2O3. The van der Waals surface area contributed by atoms with Gasteiger partial charge in [-0.15, -0.1) is 0 Å². The van der Waals surface area contributed by atoms with Crippen molar-refractivity contribution in [2.75, 3.05) is 11.9 Å². The van der Waals surface area contributed by atoms with Crippen LogP contribution < -0.4 is 10.6 Å². The summed E-state index contributed by atoms with van der Waals surface area (Å²) in [6.07, 6.45) is 2.91. The van der Waals surface area contributed by atoms with E-state index in [-0.39, 0.29) is 18.4 Å². The molecule has 1 rings (SSSR count). The lowest BCUT2D eigenvalue weighted by Crippen LogP contribution is -2.33. The Kier molecular flexibility index (Phi) is 7.29. The molecule has 1 aromatic rings. The molecule has 0 spiro atoms. The number of amides is 2. The van der Waals surface area contributed by atoms with Crippen molar-refractivity contribution < 1.29 is 14.7 Å². The average molecular weight is 292 g/mol. The summed E-state index contributed by atoms with van der Waals surface area (Å²) in [5, 5.41) is 14.2. The number of anilines is 1. The van der Waals surface area contributed by atoms with Gasteiger partial charge < -0.3 is 15.7 Å². The second kappa shape index (κ2) is 9.00. The second-order valence-corrected chi connectivity index (χ2v) is 5.15. The van der Waals surface area contributed by atoms with Crippen LogP contribution in [-0.4, -0.2) is 23.7 Å². The minimum atomic E-state index is -0.837. The Labute approximate surface area is 125 Å². The topological polar surface area (TPSA) is 78.4 Å². The van der Waals surface area contributed by atoms with E-state index in [0.29, 0.717) is 6.54 Å². The van der Waals surface area contributed by atoms with Crippen molar-refractivity contribution in [3.63, 3.8) is 0 Å². The summed E-state index contributed by atoms with van der Waals surface area (Å²) < 4.78 is 0. The fourth-order valence-corrected chi connectivity index (χ4v) is 2.06. The van der Waals surface area contributed by atoms with Gasteiger partial charge in [-0.25, -0.2) is 4.79 Å². The number of benzene rings is 1. The highest BCUT2D eigenvalue weighted by molar-refractivity contribution is 5.89. The molecule has 5 heteroatoms. The van der Waals surface area contributed by atoms with Crippen molar-refractivity contribution in [1.29, 1.82) is 0 Å². The van der Waals surface area contributed by atoms with Crippen LogP contribution in [0.1, 0.15) is 38.7 Å². The van der Waals surface area contributed by atoms with Crippen molar-refractivity contribution in [3.05, 3.63) is 29.8 Å². The number of aliphatic carboxylic acids is 1.